The van der Waals surface area contributed by atoms with Gasteiger partial charge in [0.05, 0.1) is 36.4 Å². The number of hydrogen-bond acceptors (Lipinski definition) is 6. The molecular formula is C15H23BN3O3. The third-order valence-corrected chi connectivity index (χ3v) is 3.45. The first-order chi connectivity index (χ1) is 10.2. The molecule has 1 rings (SSSR count). The van der Waals surface area contributed by atoms with Crippen LogP contribution < -0.4 is 10.5 Å². The molecular weight excluding hydrogens is 281 g/mol. The van der Waals surface area contributed by atoms with Gasteiger partial charge < -0.3 is 20.2 Å². The molecule has 0 aliphatic heterocycles. The molecule has 0 aliphatic rings. The van der Waals surface area contributed by atoms with Gasteiger partial charge in [-0.15, -0.1) is 0 Å². The van der Waals surface area contributed by atoms with Crippen LogP contribution in [0.3, 0.4) is 0 Å². The Kier molecular flexibility index (Phi) is 6.14. The molecule has 0 aliphatic carbocycles. The molecule has 0 spiro atoms. The standard InChI is InChI=1S/C15H23BN3O3/c1-14(2,20)15(3,4)22-16-11(7-17)8-19-12-6-13(21-5)10-18-9-12/h6-10,20H,17H2,1-5H3. The summed E-state index contributed by atoms with van der Waals surface area (Å²) in [5.74, 6) is 0.622. The average Bonchev–Trinajstić information content (AvgIpc) is 2.46. The lowest BCUT2D eigenvalue weighted by Gasteiger charge is -2.37. The maximum Gasteiger partial charge on any atom is 0.333 e. The molecule has 7 heteroatoms. The van der Waals surface area contributed by atoms with Crippen LogP contribution in [0.15, 0.2) is 35.1 Å². The number of aliphatic hydroxyl groups is 1. The third-order valence-electron chi connectivity index (χ3n) is 3.45. The molecule has 6 nitrogen and oxygen atoms in total. The van der Waals surface area contributed by atoms with Crippen LogP contribution in [-0.4, -0.2) is 42.1 Å². The molecule has 1 aromatic heterocycles. The molecule has 1 heterocycles. The molecule has 3 N–H and O–H groups in total. The number of nitrogens with zero attached hydrogens (tertiary/aromatic N) is 2. The number of nitrogens with two attached hydrogens (primary N) is 1. The Morgan fingerprint density at radius 1 is 1.36 bits per heavy atom. The predicted octanol–water partition coefficient (Wildman–Crippen LogP) is 1.78. The highest BCUT2D eigenvalue weighted by Gasteiger charge is 2.35. The summed E-state index contributed by atoms with van der Waals surface area (Å²) in [7, 11) is 3.03. The molecule has 119 valence electrons. The summed E-state index contributed by atoms with van der Waals surface area (Å²) in [4.78, 5) is 8.27. The molecule has 0 aromatic carbocycles. The van der Waals surface area contributed by atoms with Crippen molar-refractivity contribution in [2.75, 3.05) is 7.11 Å². The minimum absolute atomic E-state index is 0.570. The van der Waals surface area contributed by atoms with Crippen molar-refractivity contribution in [3.63, 3.8) is 0 Å². The molecule has 0 amide bonds. The van der Waals surface area contributed by atoms with E-state index in [-0.39, 0.29) is 0 Å². The maximum atomic E-state index is 10.0. The van der Waals surface area contributed by atoms with E-state index in [1.807, 2.05) is 0 Å². The number of ether oxygens (including phenoxy) is 1. The summed E-state index contributed by atoms with van der Waals surface area (Å²) in [6, 6.07) is 1.75. The summed E-state index contributed by atoms with van der Waals surface area (Å²) in [6.07, 6.45) is 6.13. The van der Waals surface area contributed by atoms with Crippen molar-refractivity contribution in [1.82, 2.24) is 4.98 Å². The second-order valence-electron chi connectivity index (χ2n) is 5.81. The summed E-state index contributed by atoms with van der Waals surface area (Å²) in [6.45, 7) is 6.95. The van der Waals surface area contributed by atoms with E-state index in [0.29, 0.717) is 16.9 Å². The van der Waals surface area contributed by atoms with Gasteiger partial charge in [0.2, 0.25) is 0 Å². The van der Waals surface area contributed by atoms with E-state index < -0.39 is 11.2 Å². The zero-order valence-electron chi connectivity index (χ0n) is 13.7. The maximum absolute atomic E-state index is 10.0. The van der Waals surface area contributed by atoms with Crippen LogP contribution >= 0.6 is 0 Å². The zero-order valence-corrected chi connectivity index (χ0v) is 13.7. The van der Waals surface area contributed by atoms with Gasteiger partial charge in [0.25, 0.3) is 0 Å². The molecule has 0 bridgehead atoms. The number of pyridine rings is 1. The summed E-state index contributed by atoms with van der Waals surface area (Å²) < 4.78 is 10.7. The summed E-state index contributed by atoms with van der Waals surface area (Å²) >= 11 is 0. The Bertz CT molecular complexity index is 551. The fraction of sp³-hybridized carbons (Fsp3) is 0.467. The smallest absolute Gasteiger partial charge is 0.333 e. The lowest BCUT2D eigenvalue weighted by Crippen LogP contribution is -2.48. The van der Waals surface area contributed by atoms with Crippen LogP contribution in [0.1, 0.15) is 27.7 Å². The van der Waals surface area contributed by atoms with Crippen molar-refractivity contribution in [2.45, 2.75) is 38.9 Å². The number of aliphatic imine (C=N–C) groups is 1. The summed E-state index contributed by atoms with van der Waals surface area (Å²) in [5.41, 5.74) is 4.99. The van der Waals surface area contributed by atoms with Crippen LogP contribution in [0, 0.1) is 0 Å². The minimum Gasteiger partial charge on any atom is -0.495 e. The average molecular weight is 304 g/mol. The van der Waals surface area contributed by atoms with Crippen molar-refractivity contribution in [2.24, 2.45) is 10.7 Å². The fourth-order valence-corrected chi connectivity index (χ4v) is 1.21. The van der Waals surface area contributed by atoms with E-state index in [0.717, 1.165) is 0 Å². The Morgan fingerprint density at radius 2 is 2.05 bits per heavy atom. The van der Waals surface area contributed by atoms with Gasteiger partial charge in [-0.2, -0.15) is 0 Å². The van der Waals surface area contributed by atoms with Crippen molar-refractivity contribution in [3.8, 4) is 5.75 Å². The Balaban J connectivity index is 2.72. The molecule has 0 saturated heterocycles. The first-order valence-electron chi connectivity index (χ1n) is 6.88. The van der Waals surface area contributed by atoms with E-state index in [2.05, 4.69) is 9.98 Å². The molecule has 1 radical (unpaired) electrons. The highest BCUT2D eigenvalue weighted by atomic mass is 16.5. The van der Waals surface area contributed by atoms with E-state index in [4.69, 9.17) is 15.1 Å². The van der Waals surface area contributed by atoms with Gasteiger partial charge in [0.15, 0.2) is 0 Å². The number of hydrogen-bond donors (Lipinski definition) is 2. The molecule has 0 saturated carbocycles. The number of rotatable bonds is 7. The van der Waals surface area contributed by atoms with Crippen LogP contribution in [0.5, 0.6) is 5.75 Å². The molecule has 0 unspecified atom stereocenters. The van der Waals surface area contributed by atoms with Crippen molar-refractivity contribution in [1.29, 1.82) is 0 Å². The third kappa shape index (κ3) is 5.16. The Hall–Kier alpha value is -1.86. The number of allylic oxidation sites excluding steroid dienone is 1. The van der Waals surface area contributed by atoms with Crippen molar-refractivity contribution in [3.05, 3.63) is 30.1 Å². The van der Waals surface area contributed by atoms with Crippen LogP contribution in [0.25, 0.3) is 0 Å². The van der Waals surface area contributed by atoms with Crippen LogP contribution in [0.2, 0.25) is 0 Å². The van der Waals surface area contributed by atoms with E-state index >= 15 is 0 Å². The highest BCUT2D eigenvalue weighted by Crippen LogP contribution is 2.25. The van der Waals surface area contributed by atoms with Crippen molar-refractivity contribution < 1.29 is 14.5 Å². The van der Waals surface area contributed by atoms with Crippen LogP contribution in [-0.2, 0) is 4.65 Å². The fourth-order valence-electron chi connectivity index (χ4n) is 1.21. The van der Waals surface area contributed by atoms with Gasteiger partial charge in [-0.3, -0.25) is 9.98 Å². The zero-order chi connectivity index (χ0) is 16.8. The Morgan fingerprint density at radius 3 is 2.59 bits per heavy atom. The largest absolute Gasteiger partial charge is 0.495 e. The van der Waals surface area contributed by atoms with E-state index in [1.54, 1.807) is 59.5 Å². The Labute approximate surface area is 132 Å². The lowest BCUT2D eigenvalue weighted by molar-refractivity contribution is -0.0895. The monoisotopic (exact) mass is 304 g/mol. The molecule has 0 fully saturated rings. The van der Waals surface area contributed by atoms with Gasteiger partial charge >= 0.3 is 7.48 Å². The van der Waals surface area contributed by atoms with Gasteiger partial charge in [-0.1, -0.05) is 0 Å². The second-order valence-corrected chi connectivity index (χ2v) is 5.81. The predicted molar refractivity (Wildman–Crippen MR) is 88.4 cm³/mol. The second kappa shape index (κ2) is 7.42. The van der Waals surface area contributed by atoms with E-state index in [9.17, 15) is 5.11 Å². The summed E-state index contributed by atoms with van der Waals surface area (Å²) in [5, 5.41) is 10.0. The van der Waals surface area contributed by atoms with Crippen LogP contribution in [0.4, 0.5) is 5.69 Å². The quantitative estimate of drug-likeness (QED) is 0.592. The van der Waals surface area contributed by atoms with E-state index in [1.165, 1.54) is 13.7 Å². The van der Waals surface area contributed by atoms with Gasteiger partial charge in [0, 0.05) is 12.3 Å². The first kappa shape index (κ1) is 18.2. The molecule has 1 aromatic rings. The van der Waals surface area contributed by atoms with Gasteiger partial charge in [-0.05, 0) is 39.4 Å². The van der Waals surface area contributed by atoms with Gasteiger partial charge in [-0.25, -0.2) is 0 Å². The minimum atomic E-state index is -1.00. The number of methoxy groups -OCH3 is 1. The molecule has 22 heavy (non-hydrogen) atoms. The number of aromatic nitrogens is 1. The normalized spacial score (nSPS) is 13.5. The SMILES string of the molecule is COc1cncc(N=CC([B]OC(C)(C)C(C)(C)O)=CN)c1. The topological polar surface area (TPSA) is 90.0 Å². The van der Waals surface area contributed by atoms with Gasteiger partial charge in [0.1, 0.15) is 5.75 Å². The molecule has 0 atom stereocenters. The first-order valence-corrected chi connectivity index (χ1v) is 6.88. The lowest BCUT2D eigenvalue weighted by atomic mass is 9.83. The van der Waals surface area contributed by atoms with Crippen molar-refractivity contribution >= 4 is 19.4 Å². The highest BCUT2D eigenvalue weighted by molar-refractivity contribution is 6.46.